The van der Waals surface area contributed by atoms with Gasteiger partial charge in [0.1, 0.15) is 11.5 Å². The van der Waals surface area contributed by atoms with Crippen LogP contribution in [-0.2, 0) is 14.3 Å². The molecule has 3 rings (SSSR count). The maximum Gasteiger partial charge on any atom is 0.331 e. The number of esters is 1. The van der Waals surface area contributed by atoms with E-state index in [0.29, 0.717) is 18.0 Å². The Morgan fingerprint density at radius 2 is 2.03 bits per heavy atom. The van der Waals surface area contributed by atoms with Gasteiger partial charge in [-0.15, -0.1) is 11.3 Å². The summed E-state index contributed by atoms with van der Waals surface area (Å²) >= 11 is 1.59. The first-order valence-electron chi connectivity index (χ1n) is 9.44. The zero-order valence-electron chi connectivity index (χ0n) is 16.8. The fraction of sp³-hybridized carbons (Fsp3) is 0.364. The number of carbonyl (C=O) groups is 2. The highest BCUT2D eigenvalue weighted by Crippen LogP contribution is 2.38. The third kappa shape index (κ3) is 5.17. The summed E-state index contributed by atoms with van der Waals surface area (Å²) in [5, 5.41) is 0. The number of thiophene rings is 1. The van der Waals surface area contributed by atoms with Crippen LogP contribution in [0, 0.1) is 6.92 Å². The van der Waals surface area contributed by atoms with Crippen molar-refractivity contribution >= 4 is 29.3 Å². The number of ether oxygens (including phenoxy) is 3. The van der Waals surface area contributed by atoms with Gasteiger partial charge in [-0.3, -0.25) is 4.79 Å². The summed E-state index contributed by atoms with van der Waals surface area (Å²) in [4.78, 5) is 28.6. The second kappa shape index (κ2) is 9.60. The van der Waals surface area contributed by atoms with Gasteiger partial charge in [0.25, 0.3) is 5.91 Å². The first-order chi connectivity index (χ1) is 14.0. The molecule has 0 saturated carbocycles. The normalized spacial score (nSPS) is 16.2. The van der Waals surface area contributed by atoms with Gasteiger partial charge >= 0.3 is 5.97 Å². The molecule has 0 N–H and O–H groups in total. The molecule has 154 valence electrons. The predicted octanol–water partition coefficient (Wildman–Crippen LogP) is 3.99. The van der Waals surface area contributed by atoms with Crippen molar-refractivity contribution in [1.82, 2.24) is 4.90 Å². The Bertz CT molecular complexity index is 904. The summed E-state index contributed by atoms with van der Waals surface area (Å²) in [6.07, 6.45) is 4.75. The minimum Gasteiger partial charge on any atom is -0.497 e. The van der Waals surface area contributed by atoms with E-state index in [4.69, 9.17) is 14.2 Å². The van der Waals surface area contributed by atoms with E-state index in [1.165, 1.54) is 11.0 Å². The van der Waals surface area contributed by atoms with Gasteiger partial charge in [-0.05, 0) is 56.2 Å². The number of hydrogen-bond donors (Lipinski definition) is 0. The Morgan fingerprint density at radius 1 is 1.21 bits per heavy atom. The second-order valence-electron chi connectivity index (χ2n) is 6.74. The van der Waals surface area contributed by atoms with E-state index in [-0.39, 0.29) is 18.6 Å². The van der Waals surface area contributed by atoms with Gasteiger partial charge in [0.15, 0.2) is 6.61 Å². The molecule has 1 atom stereocenters. The van der Waals surface area contributed by atoms with Crippen molar-refractivity contribution in [1.29, 1.82) is 0 Å². The highest BCUT2D eigenvalue weighted by atomic mass is 32.1. The molecule has 0 unspecified atom stereocenters. The molecule has 2 heterocycles. The van der Waals surface area contributed by atoms with Crippen LogP contribution >= 0.6 is 11.3 Å². The van der Waals surface area contributed by atoms with Crippen LogP contribution in [-0.4, -0.2) is 44.1 Å². The van der Waals surface area contributed by atoms with Crippen LogP contribution in [0.3, 0.4) is 0 Å². The van der Waals surface area contributed by atoms with Gasteiger partial charge in [0.05, 0.1) is 20.3 Å². The Balaban J connectivity index is 1.63. The zero-order valence-corrected chi connectivity index (χ0v) is 17.7. The van der Waals surface area contributed by atoms with Crippen LogP contribution in [0.25, 0.3) is 6.08 Å². The van der Waals surface area contributed by atoms with Crippen molar-refractivity contribution in [3.05, 3.63) is 51.7 Å². The van der Waals surface area contributed by atoms with Crippen molar-refractivity contribution < 1.29 is 23.8 Å². The summed E-state index contributed by atoms with van der Waals surface area (Å²) in [6, 6.07) is 9.35. The molecule has 1 aliphatic rings. The summed E-state index contributed by atoms with van der Waals surface area (Å²) in [5.74, 6) is 0.673. The lowest BCUT2D eigenvalue weighted by Crippen LogP contribution is -2.34. The molecule has 1 aliphatic heterocycles. The zero-order chi connectivity index (χ0) is 20.8. The van der Waals surface area contributed by atoms with Gasteiger partial charge in [-0.2, -0.15) is 0 Å². The van der Waals surface area contributed by atoms with Crippen LogP contribution < -0.4 is 9.47 Å². The maximum atomic E-state index is 12.7. The highest BCUT2D eigenvalue weighted by molar-refractivity contribution is 7.12. The SMILES string of the molecule is COc1ccc(OC)c([C@H]2CCCN2C(=O)COC(=O)/C=C/c2ccc(C)s2)c1. The van der Waals surface area contributed by atoms with E-state index in [1.54, 1.807) is 36.5 Å². The molecule has 6 nitrogen and oxygen atoms in total. The molecule has 0 radical (unpaired) electrons. The molecule has 1 saturated heterocycles. The van der Waals surface area contributed by atoms with Gasteiger partial charge in [0, 0.05) is 27.9 Å². The summed E-state index contributed by atoms with van der Waals surface area (Å²) in [7, 11) is 3.21. The van der Waals surface area contributed by atoms with Crippen LogP contribution in [0.2, 0.25) is 0 Å². The van der Waals surface area contributed by atoms with Crippen molar-refractivity contribution in [2.75, 3.05) is 27.4 Å². The van der Waals surface area contributed by atoms with Gasteiger partial charge in [0.2, 0.25) is 0 Å². The molecular formula is C22H25NO5S. The Hall–Kier alpha value is -2.80. The Kier molecular flexibility index (Phi) is 6.93. The smallest absolute Gasteiger partial charge is 0.331 e. The number of carbonyl (C=O) groups excluding carboxylic acids is 2. The molecule has 1 amide bonds. The van der Waals surface area contributed by atoms with Crippen LogP contribution in [0.4, 0.5) is 0 Å². The molecule has 1 aromatic heterocycles. The van der Waals surface area contributed by atoms with E-state index in [0.717, 1.165) is 23.3 Å². The third-order valence-electron chi connectivity index (χ3n) is 4.85. The number of methoxy groups -OCH3 is 2. The fourth-order valence-corrected chi connectivity index (χ4v) is 4.23. The van der Waals surface area contributed by atoms with E-state index in [1.807, 2.05) is 37.3 Å². The van der Waals surface area contributed by atoms with E-state index < -0.39 is 5.97 Å². The first-order valence-corrected chi connectivity index (χ1v) is 10.3. The van der Waals surface area contributed by atoms with Crippen LogP contribution in [0.15, 0.2) is 36.4 Å². The lowest BCUT2D eigenvalue weighted by atomic mass is 10.0. The topological polar surface area (TPSA) is 65.1 Å². The standard InChI is InChI=1S/C22H25NO5S/c1-15-6-8-17(29-15)9-11-22(25)28-14-21(24)23-12-4-5-19(23)18-13-16(26-2)7-10-20(18)27-3/h6-11,13,19H,4-5,12,14H2,1-3H3/b11-9+/t19-/m1/s1. The lowest BCUT2D eigenvalue weighted by Gasteiger charge is -2.26. The summed E-state index contributed by atoms with van der Waals surface area (Å²) in [6.45, 7) is 2.34. The molecule has 1 aromatic carbocycles. The van der Waals surface area contributed by atoms with Crippen LogP contribution in [0.1, 0.15) is 34.2 Å². The Morgan fingerprint density at radius 3 is 2.72 bits per heavy atom. The number of rotatable bonds is 7. The van der Waals surface area contributed by atoms with Gasteiger partial charge in [-0.25, -0.2) is 4.79 Å². The lowest BCUT2D eigenvalue weighted by molar-refractivity contribution is -0.148. The first kappa shape index (κ1) is 20.9. The molecule has 7 heteroatoms. The molecule has 1 fully saturated rings. The van der Waals surface area contributed by atoms with Crippen molar-refractivity contribution in [3.63, 3.8) is 0 Å². The second-order valence-corrected chi connectivity index (χ2v) is 8.06. The monoisotopic (exact) mass is 415 g/mol. The molecular weight excluding hydrogens is 390 g/mol. The quantitative estimate of drug-likeness (QED) is 0.505. The largest absolute Gasteiger partial charge is 0.497 e. The highest BCUT2D eigenvalue weighted by Gasteiger charge is 2.32. The molecule has 2 aromatic rings. The minimum atomic E-state index is -0.529. The van der Waals surface area contributed by atoms with Crippen molar-refractivity contribution in [2.24, 2.45) is 0 Å². The fourth-order valence-electron chi connectivity index (χ4n) is 3.45. The number of hydrogen-bond acceptors (Lipinski definition) is 6. The number of nitrogens with zero attached hydrogens (tertiary/aromatic N) is 1. The number of amides is 1. The summed E-state index contributed by atoms with van der Waals surface area (Å²) < 4.78 is 16.0. The molecule has 0 aliphatic carbocycles. The van der Waals surface area contributed by atoms with Crippen LogP contribution in [0.5, 0.6) is 11.5 Å². The molecule has 0 bridgehead atoms. The number of aryl methyl sites for hydroxylation is 1. The number of benzene rings is 1. The average Bonchev–Trinajstić information content (AvgIpc) is 3.39. The van der Waals surface area contributed by atoms with E-state index >= 15 is 0 Å². The van der Waals surface area contributed by atoms with Gasteiger partial charge < -0.3 is 19.1 Å². The predicted molar refractivity (Wildman–Crippen MR) is 112 cm³/mol. The minimum absolute atomic E-state index is 0.129. The van der Waals surface area contributed by atoms with Crippen molar-refractivity contribution in [3.8, 4) is 11.5 Å². The summed E-state index contributed by atoms with van der Waals surface area (Å²) in [5.41, 5.74) is 0.900. The maximum absolute atomic E-state index is 12.7. The third-order valence-corrected chi connectivity index (χ3v) is 5.82. The Labute approximate surface area is 174 Å². The molecule has 29 heavy (non-hydrogen) atoms. The van der Waals surface area contributed by atoms with E-state index in [2.05, 4.69) is 0 Å². The van der Waals surface area contributed by atoms with E-state index in [9.17, 15) is 9.59 Å². The van der Waals surface area contributed by atoms with Gasteiger partial charge in [-0.1, -0.05) is 0 Å². The number of likely N-dealkylation sites (tertiary alicyclic amines) is 1. The average molecular weight is 416 g/mol. The van der Waals surface area contributed by atoms with Crippen molar-refractivity contribution in [2.45, 2.75) is 25.8 Å². The molecule has 0 spiro atoms.